The van der Waals surface area contributed by atoms with Gasteiger partial charge in [-0.2, -0.15) is 0 Å². The second kappa shape index (κ2) is 8.85. The van der Waals surface area contributed by atoms with E-state index in [2.05, 4.69) is 27.7 Å². The number of carbonyl (C=O) groups excluding carboxylic acids is 4. The molecule has 7 heteroatoms. The van der Waals surface area contributed by atoms with Gasteiger partial charge in [0, 0.05) is 32.5 Å². The van der Waals surface area contributed by atoms with Crippen molar-refractivity contribution in [3.63, 3.8) is 0 Å². The van der Waals surface area contributed by atoms with Crippen molar-refractivity contribution in [2.24, 2.45) is 11.3 Å². The molecule has 0 aliphatic carbocycles. The first-order chi connectivity index (χ1) is 12.6. The van der Waals surface area contributed by atoms with Crippen LogP contribution in [-0.4, -0.2) is 64.6 Å². The molecule has 27 heavy (non-hydrogen) atoms. The highest BCUT2D eigenvalue weighted by atomic mass is 16.2. The zero-order valence-corrected chi connectivity index (χ0v) is 17.1. The number of imide groups is 2. The van der Waals surface area contributed by atoms with E-state index in [1.807, 2.05) is 0 Å². The van der Waals surface area contributed by atoms with Gasteiger partial charge in [-0.15, -0.1) is 0 Å². The Morgan fingerprint density at radius 1 is 0.889 bits per heavy atom. The van der Waals surface area contributed by atoms with Crippen molar-refractivity contribution < 1.29 is 19.2 Å². The molecule has 5 amide bonds. The van der Waals surface area contributed by atoms with Gasteiger partial charge in [0.05, 0.1) is 0 Å². The Balaban J connectivity index is 1.80. The van der Waals surface area contributed by atoms with Crippen LogP contribution in [0.25, 0.3) is 0 Å². The van der Waals surface area contributed by atoms with Crippen molar-refractivity contribution in [2.45, 2.75) is 66.2 Å². The lowest BCUT2D eigenvalue weighted by atomic mass is 9.87. The third-order valence-electron chi connectivity index (χ3n) is 5.30. The summed E-state index contributed by atoms with van der Waals surface area (Å²) in [6, 6.07) is -0.193. The van der Waals surface area contributed by atoms with Gasteiger partial charge < -0.3 is 4.90 Å². The van der Waals surface area contributed by atoms with E-state index in [0.717, 1.165) is 19.3 Å². The standard InChI is InChI=1S/C20H33N3O4/c1-15(2)7-5-11-23-18(26)13-21(19(23)27)14-20(3,4)10-6-12-22-16(24)8-9-17(22)25/h15H,5-14H2,1-4H3. The van der Waals surface area contributed by atoms with E-state index in [9.17, 15) is 19.2 Å². The zero-order valence-electron chi connectivity index (χ0n) is 17.1. The van der Waals surface area contributed by atoms with E-state index in [4.69, 9.17) is 0 Å². The Bertz CT molecular complexity index is 584. The highest BCUT2D eigenvalue weighted by molar-refractivity contribution is 6.02. The van der Waals surface area contributed by atoms with E-state index >= 15 is 0 Å². The van der Waals surface area contributed by atoms with Crippen LogP contribution in [0.3, 0.4) is 0 Å². The first-order valence-electron chi connectivity index (χ1n) is 10.0. The maximum atomic E-state index is 12.6. The first-order valence-corrected chi connectivity index (χ1v) is 10.0. The van der Waals surface area contributed by atoms with Gasteiger partial charge in [0.15, 0.2) is 0 Å². The Labute approximate surface area is 162 Å². The van der Waals surface area contributed by atoms with Crippen LogP contribution in [0.5, 0.6) is 0 Å². The minimum absolute atomic E-state index is 0.0878. The fraction of sp³-hybridized carbons (Fsp3) is 0.800. The fourth-order valence-corrected chi connectivity index (χ4v) is 3.78. The van der Waals surface area contributed by atoms with Gasteiger partial charge in [0.2, 0.25) is 17.7 Å². The average molecular weight is 380 g/mol. The van der Waals surface area contributed by atoms with Gasteiger partial charge in [-0.3, -0.25) is 24.2 Å². The van der Waals surface area contributed by atoms with Crippen LogP contribution >= 0.6 is 0 Å². The third kappa shape index (κ3) is 5.78. The minimum atomic E-state index is -0.193. The number of likely N-dealkylation sites (tertiary alicyclic amines) is 1. The molecule has 2 fully saturated rings. The quantitative estimate of drug-likeness (QED) is 0.432. The summed E-state index contributed by atoms with van der Waals surface area (Å²) < 4.78 is 0. The van der Waals surface area contributed by atoms with E-state index in [0.29, 0.717) is 44.8 Å². The van der Waals surface area contributed by atoms with Crippen molar-refractivity contribution in [1.29, 1.82) is 0 Å². The summed E-state index contributed by atoms with van der Waals surface area (Å²) in [5.41, 5.74) is -0.185. The summed E-state index contributed by atoms with van der Waals surface area (Å²) in [6.45, 7) is 9.95. The summed E-state index contributed by atoms with van der Waals surface area (Å²) in [7, 11) is 0. The summed E-state index contributed by atoms with van der Waals surface area (Å²) in [4.78, 5) is 52.5. The Morgan fingerprint density at radius 2 is 1.48 bits per heavy atom. The van der Waals surface area contributed by atoms with Crippen LogP contribution in [0.1, 0.15) is 66.2 Å². The topological polar surface area (TPSA) is 78.0 Å². The summed E-state index contributed by atoms with van der Waals surface area (Å²) in [5.74, 6) is 0.264. The summed E-state index contributed by atoms with van der Waals surface area (Å²) in [6.07, 6.45) is 3.95. The van der Waals surface area contributed by atoms with Gasteiger partial charge in [0.1, 0.15) is 6.54 Å². The Hall–Kier alpha value is -1.92. The zero-order chi connectivity index (χ0) is 20.2. The van der Waals surface area contributed by atoms with Crippen LogP contribution in [0.2, 0.25) is 0 Å². The first kappa shape index (κ1) is 21.4. The highest BCUT2D eigenvalue weighted by Gasteiger charge is 2.38. The lowest BCUT2D eigenvalue weighted by Crippen LogP contribution is -2.39. The second-order valence-electron chi connectivity index (χ2n) is 8.93. The molecule has 2 heterocycles. The van der Waals surface area contributed by atoms with Crippen LogP contribution in [0.4, 0.5) is 4.79 Å². The number of rotatable bonds is 10. The third-order valence-corrected chi connectivity index (χ3v) is 5.30. The monoisotopic (exact) mass is 379 g/mol. The van der Waals surface area contributed by atoms with Gasteiger partial charge in [-0.1, -0.05) is 27.7 Å². The largest absolute Gasteiger partial charge is 0.327 e. The maximum absolute atomic E-state index is 12.6. The molecule has 2 saturated heterocycles. The Kier molecular flexibility index (Phi) is 7.00. The molecule has 0 radical (unpaired) electrons. The van der Waals surface area contributed by atoms with Crippen LogP contribution in [0.15, 0.2) is 0 Å². The lowest BCUT2D eigenvalue weighted by Gasteiger charge is -2.30. The molecule has 7 nitrogen and oxygen atoms in total. The molecule has 2 aliphatic heterocycles. The normalized spacial score (nSPS) is 18.6. The molecule has 0 spiro atoms. The van der Waals surface area contributed by atoms with Crippen molar-refractivity contribution in [3.05, 3.63) is 0 Å². The lowest BCUT2D eigenvalue weighted by molar-refractivity contribution is -0.138. The Morgan fingerprint density at radius 3 is 2.07 bits per heavy atom. The predicted molar refractivity (Wildman–Crippen MR) is 102 cm³/mol. The van der Waals surface area contributed by atoms with Crippen molar-refractivity contribution in [2.75, 3.05) is 26.2 Å². The number of carbonyl (C=O) groups is 4. The number of amides is 5. The number of nitrogens with zero attached hydrogens (tertiary/aromatic N) is 3. The average Bonchev–Trinajstić information content (AvgIpc) is 3.01. The fourth-order valence-electron chi connectivity index (χ4n) is 3.78. The molecule has 0 saturated carbocycles. The number of hydrogen-bond donors (Lipinski definition) is 0. The van der Waals surface area contributed by atoms with Crippen molar-refractivity contribution in [3.8, 4) is 0 Å². The molecule has 0 atom stereocenters. The molecule has 0 aromatic rings. The van der Waals surface area contributed by atoms with Crippen LogP contribution in [0, 0.1) is 11.3 Å². The van der Waals surface area contributed by atoms with E-state index in [-0.39, 0.29) is 35.7 Å². The van der Waals surface area contributed by atoms with Gasteiger partial charge in [-0.05, 0) is 37.0 Å². The molecule has 2 aliphatic rings. The predicted octanol–water partition coefficient (Wildman–Crippen LogP) is 2.64. The smallest absolute Gasteiger partial charge is 0.314 e. The van der Waals surface area contributed by atoms with Crippen LogP contribution < -0.4 is 0 Å². The molecule has 0 aromatic carbocycles. The van der Waals surface area contributed by atoms with Gasteiger partial charge in [-0.25, -0.2) is 4.79 Å². The highest BCUT2D eigenvalue weighted by Crippen LogP contribution is 2.27. The minimum Gasteiger partial charge on any atom is -0.314 e. The maximum Gasteiger partial charge on any atom is 0.327 e. The molecule has 0 N–H and O–H groups in total. The van der Waals surface area contributed by atoms with E-state index in [1.54, 1.807) is 4.90 Å². The van der Waals surface area contributed by atoms with E-state index in [1.165, 1.54) is 9.80 Å². The molecular formula is C20H33N3O4. The molecule has 0 unspecified atom stereocenters. The molecular weight excluding hydrogens is 346 g/mol. The molecule has 0 bridgehead atoms. The molecule has 2 rings (SSSR count). The van der Waals surface area contributed by atoms with E-state index < -0.39 is 0 Å². The number of urea groups is 1. The van der Waals surface area contributed by atoms with Crippen LogP contribution in [-0.2, 0) is 14.4 Å². The van der Waals surface area contributed by atoms with Gasteiger partial charge in [0.25, 0.3) is 0 Å². The van der Waals surface area contributed by atoms with Crippen molar-refractivity contribution >= 4 is 23.8 Å². The summed E-state index contributed by atoms with van der Waals surface area (Å²) >= 11 is 0. The second-order valence-corrected chi connectivity index (χ2v) is 8.93. The molecule has 152 valence electrons. The SMILES string of the molecule is CC(C)CCCN1C(=O)CN(CC(C)(C)CCCN2C(=O)CCC2=O)C1=O. The number of hydrogen-bond acceptors (Lipinski definition) is 4. The molecule has 0 aromatic heterocycles. The summed E-state index contributed by atoms with van der Waals surface area (Å²) in [5, 5.41) is 0. The van der Waals surface area contributed by atoms with Crippen molar-refractivity contribution in [1.82, 2.24) is 14.7 Å². The van der Waals surface area contributed by atoms with Gasteiger partial charge >= 0.3 is 6.03 Å².